The zero-order valence-electron chi connectivity index (χ0n) is 25.7. The van der Waals surface area contributed by atoms with Gasteiger partial charge in [0.25, 0.3) is 11.4 Å². The van der Waals surface area contributed by atoms with E-state index in [-0.39, 0.29) is 51.7 Å². The van der Waals surface area contributed by atoms with E-state index in [9.17, 15) is 25.0 Å². The number of carbonyl (C=O) groups excluding carboxylic acids is 1. The van der Waals surface area contributed by atoms with Gasteiger partial charge in [0.1, 0.15) is 21.5 Å². The lowest BCUT2D eigenvalue weighted by Crippen LogP contribution is -2.47. The molecule has 2 aliphatic rings. The minimum absolute atomic E-state index is 0.000584. The summed E-state index contributed by atoms with van der Waals surface area (Å²) < 4.78 is 32.3. The first-order valence-electron chi connectivity index (χ1n) is 15.4. The van der Waals surface area contributed by atoms with Crippen molar-refractivity contribution < 1.29 is 23.4 Å². The van der Waals surface area contributed by atoms with Crippen molar-refractivity contribution in [3.63, 3.8) is 0 Å². The Hall–Kier alpha value is -4.61. The summed E-state index contributed by atoms with van der Waals surface area (Å²) in [5.41, 5.74) is 0.465. The number of hydrogen-bond acceptors (Lipinski definition) is 7. The van der Waals surface area contributed by atoms with Gasteiger partial charge in [-0.2, -0.15) is 0 Å². The number of piperidine rings is 1. The number of nitro groups is 2. The first-order valence-corrected chi connectivity index (χ1v) is 16.1. The first kappa shape index (κ1) is 33.3. The molecule has 2 fully saturated rings. The van der Waals surface area contributed by atoms with Crippen LogP contribution in [0.5, 0.6) is 0 Å². The summed E-state index contributed by atoms with van der Waals surface area (Å²) in [5.74, 6) is -1.62. The van der Waals surface area contributed by atoms with Crippen molar-refractivity contribution in [1.82, 2.24) is 0 Å². The molecular weight excluding hydrogens is 665 g/mol. The lowest BCUT2D eigenvalue weighted by Gasteiger charge is -2.42. The third kappa shape index (κ3) is 5.97. The van der Waals surface area contributed by atoms with E-state index in [2.05, 4.69) is 0 Å². The van der Waals surface area contributed by atoms with E-state index in [1.165, 1.54) is 36.4 Å². The van der Waals surface area contributed by atoms with Crippen LogP contribution in [-0.4, -0.2) is 28.7 Å². The fourth-order valence-corrected chi connectivity index (χ4v) is 7.67. The molecule has 248 valence electrons. The third-order valence-electron chi connectivity index (χ3n) is 9.72. The minimum atomic E-state index is -0.811. The Balaban J connectivity index is 1.38. The zero-order chi connectivity index (χ0) is 34.3. The van der Waals surface area contributed by atoms with Crippen LogP contribution in [0.2, 0.25) is 10.0 Å². The van der Waals surface area contributed by atoms with Crippen LogP contribution in [0, 0.1) is 31.9 Å². The second-order valence-corrected chi connectivity index (χ2v) is 13.0. The van der Waals surface area contributed by atoms with Gasteiger partial charge in [-0.3, -0.25) is 25.0 Å². The van der Waals surface area contributed by atoms with Crippen LogP contribution in [0.25, 0.3) is 0 Å². The molecule has 0 aromatic heterocycles. The van der Waals surface area contributed by atoms with Crippen molar-refractivity contribution in [2.24, 2.45) is 0 Å². The second kappa shape index (κ2) is 13.1. The molecule has 0 spiro atoms. The van der Waals surface area contributed by atoms with Gasteiger partial charge in [0.15, 0.2) is 11.6 Å². The fourth-order valence-electron chi connectivity index (χ4n) is 7.30. The smallest absolute Gasteiger partial charge is 0.288 e. The number of anilines is 2. The fraction of sp³-hybridized carbons (Fsp3) is 0.286. The number of nitrogens with zero attached hydrogens (tertiary/aromatic N) is 4. The lowest BCUT2D eigenvalue weighted by atomic mass is 9.70. The van der Waals surface area contributed by atoms with Crippen LogP contribution in [0.15, 0.2) is 78.9 Å². The van der Waals surface area contributed by atoms with Gasteiger partial charge in [0, 0.05) is 30.9 Å². The quantitative estimate of drug-likeness (QED) is 0.134. The van der Waals surface area contributed by atoms with Crippen LogP contribution < -0.4 is 9.80 Å². The summed E-state index contributed by atoms with van der Waals surface area (Å²) in [4.78, 5) is 38.4. The van der Waals surface area contributed by atoms with E-state index in [0.717, 1.165) is 5.56 Å². The van der Waals surface area contributed by atoms with E-state index < -0.39 is 39.0 Å². The summed E-state index contributed by atoms with van der Waals surface area (Å²) in [6.45, 7) is 2.05. The van der Waals surface area contributed by atoms with Gasteiger partial charge in [0.2, 0.25) is 0 Å². The zero-order valence-corrected chi connectivity index (χ0v) is 27.3. The van der Waals surface area contributed by atoms with E-state index in [1.807, 2.05) is 30.3 Å². The van der Waals surface area contributed by atoms with Gasteiger partial charge in [-0.25, -0.2) is 8.78 Å². The molecule has 0 bridgehead atoms. The second-order valence-electron chi connectivity index (χ2n) is 12.2. The molecule has 13 heteroatoms. The number of hydrogen-bond donors (Lipinski definition) is 0. The Kier molecular flexibility index (Phi) is 9.10. The predicted octanol–water partition coefficient (Wildman–Crippen LogP) is 9.30. The van der Waals surface area contributed by atoms with Crippen LogP contribution in [-0.2, 0) is 10.2 Å². The molecule has 2 heterocycles. The Labute approximate surface area is 285 Å². The lowest BCUT2D eigenvalue weighted by molar-refractivity contribution is -0.384. The molecule has 4 aromatic rings. The van der Waals surface area contributed by atoms with E-state index in [4.69, 9.17) is 23.2 Å². The van der Waals surface area contributed by atoms with Gasteiger partial charge in [-0.1, -0.05) is 65.7 Å². The maximum atomic E-state index is 16.1. The molecule has 0 unspecified atom stereocenters. The molecule has 48 heavy (non-hydrogen) atoms. The summed E-state index contributed by atoms with van der Waals surface area (Å²) >= 11 is 12.2. The van der Waals surface area contributed by atoms with Crippen LogP contribution in [0.3, 0.4) is 0 Å². The summed E-state index contributed by atoms with van der Waals surface area (Å²) in [5, 5.41) is 23.3. The van der Waals surface area contributed by atoms with Crippen molar-refractivity contribution in [2.45, 2.75) is 50.1 Å². The van der Waals surface area contributed by atoms with Gasteiger partial charge >= 0.3 is 0 Å². The highest BCUT2D eigenvalue weighted by Crippen LogP contribution is 2.50. The molecule has 0 N–H and O–H groups in total. The topological polar surface area (TPSA) is 110 Å². The highest BCUT2D eigenvalue weighted by atomic mass is 35.5. The summed E-state index contributed by atoms with van der Waals surface area (Å²) in [6, 6.07) is 19.5. The highest BCUT2D eigenvalue weighted by molar-refractivity contribution is 6.33. The van der Waals surface area contributed by atoms with Crippen LogP contribution >= 0.6 is 23.2 Å². The molecule has 9 nitrogen and oxygen atoms in total. The van der Waals surface area contributed by atoms with Gasteiger partial charge in [-0.05, 0) is 73.6 Å². The van der Waals surface area contributed by atoms with Crippen molar-refractivity contribution in [3.05, 3.63) is 137 Å². The number of ketones is 1. The average Bonchev–Trinajstić information content (AvgIpc) is 3.50. The molecule has 4 aromatic carbocycles. The molecule has 2 atom stereocenters. The maximum absolute atomic E-state index is 16.1. The Morgan fingerprint density at radius 2 is 1.27 bits per heavy atom. The monoisotopic (exact) mass is 694 g/mol. The Morgan fingerprint density at radius 3 is 1.71 bits per heavy atom. The standard InChI is InChI=1S/C35H30Cl2F2N4O5/c1-21(44)35(24-5-3-2-4-6-24)13-15-40(16-14-35)34-28(38)19-25(20-29(34)39)41-30(22-7-9-26(36)32(17-22)42(45)46)11-12-31(41)23-8-10-27(37)33(18-23)43(47)48/h2-10,17-20,30-31H,11-16H2,1H3/t30-,31-/m1/s1. The largest absolute Gasteiger partial charge is 0.367 e. The molecule has 6 rings (SSSR count). The number of Topliss-reactive ketones (excluding diaryl/α,β-unsaturated/α-hetero) is 1. The third-order valence-corrected chi connectivity index (χ3v) is 10.4. The molecule has 0 saturated carbocycles. The highest BCUT2D eigenvalue weighted by Gasteiger charge is 2.42. The number of benzene rings is 4. The molecular formula is C35H30Cl2F2N4O5. The van der Waals surface area contributed by atoms with Crippen molar-refractivity contribution in [2.75, 3.05) is 22.9 Å². The summed E-state index contributed by atoms with van der Waals surface area (Å²) in [6.07, 6.45) is 1.61. The number of carbonyl (C=O) groups is 1. The molecule has 0 radical (unpaired) electrons. The number of halogens is 4. The molecule has 2 saturated heterocycles. The molecule has 0 aliphatic carbocycles. The predicted molar refractivity (Wildman–Crippen MR) is 180 cm³/mol. The average molecular weight is 696 g/mol. The first-order chi connectivity index (χ1) is 22.9. The van der Waals surface area contributed by atoms with Gasteiger partial charge in [0.05, 0.1) is 27.3 Å². The van der Waals surface area contributed by atoms with Crippen molar-refractivity contribution in [1.29, 1.82) is 0 Å². The van der Waals surface area contributed by atoms with Crippen molar-refractivity contribution >= 4 is 51.7 Å². The van der Waals surface area contributed by atoms with Gasteiger partial charge in [-0.15, -0.1) is 0 Å². The van der Waals surface area contributed by atoms with Gasteiger partial charge < -0.3 is 9.80 Å². The van der Waals surface area contributed by atoms with E-state index in [0.29, 0.717) is 36.8 Å². The number of nitro benzene ring substituents is 2. The van der Waals surface area contributed by atoms with Crippen LogP contribution in [0.4, 0.5) is 31.5 Å². The maximum Gasteiger partial charge on any atom is 0.288 e. The summed E-state index contributed by atoms with van der Waals surface area (Å²) in [7, 11) is 0. The SMILES string of the molecule is CC(=O)C1(c2ccccc2)CCN(c2c(F)cc(N3[C@@H](c4ccc(Cl)c([N+](=O)[O-])c4)CC[C@@H]3c3ccc(Cl)c([N+](=O)[O-])c3)cc2F)CC1. The Morgan fingerprint density at radius 1 is 0.792 bits per heavy atom. The van der Waals surface area contributed by atoms with Crippen LogP contribution in [0.1, 0.15) is 61.4 Å². The Bertz CT molecular complexity index is 1830. The minimum Gasteiger partial charge on any atom is -0.367 e. The van der Waals surface area contributed by atoms with Crippen molar-refractivity contribution in [3.8, 4) is 0 Å². The van der Waals surface area contributed by atoms with E-state index >= 15 is 8.78 Å². The molecule has 0 amide bonds. The molecule has 2 aliphatic heterocycles. The normalized spacial score (nSPS) is 18.9. The van der Waals surface area contributed by atoms with E-state index in [1.54, 1.807) is 28.9 Å². The number of rotatable bonds is 8.